The Kier molecular flexibility index (Phi) is 34.3. The van der Waals surface area contributed by atoms with Crippen molar-refractivity contribution in [3.8, 4) is 137 Å². The van der Waals surface area contributed by atoms with Gasteiger partial charge in [0.15, 0.2) is 52.4 Å². The Morgan fingerprint density at radius 3 is 0.641 bits per heavy atom. The quantitative estimate of drug-likeness (QED) is 0.0182. The lowest BCUT2D eigenvalue weighted by Gasteiger charge is -2.11. The Labute approximate surface area is 685 Å². The van der Waals surface area contributed by atoms with E-state index in [1.54, 1.807) is 36.4 Å². The monoisotopic (exact) mass is 1570 g/mol. The van der Waals surface area contributed by atoms with E-state index in [1.165, 1.54) is 108 Å². The largest absolute Gasteiger partial charge is 0.507 e. The van der Waals surface area contributed by atoms with E-state index in [9.17, 15) is 29.7 Å². The van der Waals surface area contributed by atoms with E-state index >= 15 is 0 Å². The minimum atomic E-state index is -0.340. The third-order valence-corrected chi connectivity index (χ3v) is 19.3. The number of benzene rings is 9. The van der Waals surface area contributed by atoms with E-state index < -0.39 is 0 Å². The van der Waals surface area contributed by atoms with Gasteiger partial charge in [-0.2, -0.15) is 0 Å². The fraction of sp³-hybridized carbons (Fsp3) is 0.312. The van der Waals surface area contributed by atoms with E-state index in [-0.39, 0.29) is 87.6 Å². The summed E-state index contributed by atoms with van der Waals surface area (Å²) < 4.78 is 33.3. The molecule has 0 aliphatic carbocycles. The first-order valence-electron chi connectivity index (χ1n) is 41.0. The van der Waals surface area contributed by atoms with Crippen LogP contribution in [0.3, 0.4) is 0 Å². The molecule has 0 aliphatic heterocycles. The molecule has 0 saturated heterocycles. The zero-order chi connectivity index (χ0) is 81.3. The highest BCUT2D eigenvalue weighted by Gasteiger charge is 2.20. The van der Waals surface area contributed by atoms with E-state index in [4.69, 9.17) is 33.4 Å². The number of aromatic hydroxyl groups is 3. The smallest absolute Gasteiger partial charge is 0.305 e. The number of hydrogen-bond donors (Lipinski definition) is 3. The van der Waals surface area contributed by atoms with Gasteiger partial charge in [-0.25, -0.2) is 44.9 Å². The topological polar surface area (TPSA) is 283 Å². The molecule has 0 radical (unpaired) electrons. The predicted molar refractivity (Wildman–Crippen MR) is 455 cm³/mol. The Morgan fingerprint density at radius 2 is 0.436 bits per heavy atom. The number of carbonyl (C=O) groups excluding carboxylic acids is 3. The molecular weight excluding hydrogens is 1470 g/mol. The molecule has 0 unspecified atom stereocenters. The molecule has 3 aromatic heterocycles. The molecular formula is C96H103N9O12. The molecule has 0 saturated carbocycles. The molecule has 3 heterocycles. The fourth-order valence-corrected chi connectivity index (χ4v) is 13.0. The van der Waals surface area contributed by atoms with Crippen molar-refractivity contribution in [3.05, 3.63) is 237 Å². The molecule has 604 valence electrons. The van der Waals surface area contributed by atoms with Gasteiger partial charge in [-0.15, -0.1) is 0 Å². The van der Waals surface area contributed by atoms with Crippen LogP contribution < -0.4 is 14.2 Å². The number of aromatic nitrogens is 9. The molecule has 117 heavy (non-hydrogen) atoms. The highest BCUT2D eigenvalue weighted by molar-refractivity contribution is 5.75. The average molecular weight is 1570 g/mol. The van der Waals surface area contributed by atoms with E-state index in [2.05, 4.69) is 46.8 Å². The lowest BCUT2D eigenvalue weighted by molar-refractivity contribution is -0.145. The van der Waals surface area contributed by atoms with Crippen LogP contribution in [-0.4, -0.2) is 118 Å². The molecule has 0 spiro atoms. The van der Waals surface area contributed by atoms with Crippen LogP contribution in [0.25, 0.3) is 102 Å². The number of nitrogens with zero attached hydrogens (tertiary/aromatic N) is 9. The van der Waals surface area contributed by atoms with Gasteiger partial charge in [0.25, 0.3) is 0 Å². The zero-order valence-electron chi connectivity index (χ0n) is 66.6. The molecule has 0 atom stereocenters. The number of ether oxygens (including phenoxy) is 6. The minimum Gasteiger partial charge on any atom is -0.507 e. The Balaban J connectivity index is 0.000000243. The second-order valence-corrected chi connectivity index (χ2v) is 28.3. The van der Waals surface area contributed by atoms with Crippen molar-refractivity contribution in [2.24, 2.45) is 0 Å². The Bertz CT molecular complexity index is 4640. The first kappa shape index (κ1) is 85.1. The second-order valence-electron chi connectivity index (χ2n) is 28.3. The van der Waals surface area contributed by atoms with Gasteiger partial charge in [0.2, 0.25) is 0 Å². The van der Waals surface area contributed by atoms with Crippen LogP contribution in [0.4, 0.5) is 0 Å². The van der Waals surface area contributed by atoms with Crippen LogP contribution in [0.5, 0.6) is 34.5 Å². The van der Waals surface area contributed by atoms with Crippen molar-refractivity contribution in [2.45, 2.75) is 155 Å². The molecule has 9 aromatic carbocycles. The first-order valence-corrected chi connectivity index (χ1v) is 41.0. The lowest BCUT2D eigenvalue weighted by Crippen LogP contribution is -2.12. The highest BCUT2D eigenvalue weighted by Crippen LogP contribution is 2.37. The van der Waals surface area contributed by atoms with Crippen LogP contribution in [0, 0.1) is 0 Å². The highest BCUT2D eigenvalue weighted by atomic mass is 16.6. The van der Waals surface area contributed by atoms with Crippen LogP contribution >= 0.6 is 0 Å². The maximum absolute atomic E-state index is 12.3. The SMILES string of the molecule is CCCCCCCCCCCCCCCCCCC(=O)OCCOc1ccc(-c2nc(-c3ccccc3)nc(-c3ccccc3)n2)c(O)c1.O=C(CCCCCCC(=O)OCCOc1ccc(-c2nc(-c3ccccc3)nc(-c3ccccc3)n2)c(O)c1)OCCOc1ccc(-c2nc(-c3ccccc3)nc(-c3ccccc3)n2)c(O)c1. The molecule has 12 aromatic rings. The number of unbranched alkanes of at least 4 members (excludes halogenated alkanes) is 18. The maximum atomic E-state index is 12.3. The lowest BCUT2D eigenvalue weighted by atomic mass is 10.0. The molecule has 0 fully saturated rings. The van der Waals surface area contributed by atoms with Gasteiger partial charge in [0.05, 0.1) is 16.7 Å². The van der Waals surface area contributed by atoms with Gasteiger partial charge in [-0.1, -0.05) is 298 Å². The van der Waals surface area contributed by atoms with Gasteiger partial charge in [-0.3, -0.25) is 14.4 Å². The summed E-state index contributed by atoms with van der Waals surface area (Å²) in [5.74, 6) is 4.19. The fourth-order valence-electron chi connectivity index (χ4n) is 13.0. The number of carbonyl (C=O) groups is 3. The molecule has 0 aliphatic rings. The predicted octanol–water partition coefficient (Wildman–Crippen LogP) is 21.5. The average Bonchev–Trinajstić information content (AvgIpc) is 0.806. The van der Waals surface area contributed by atoms with Crippen molar-refractivity contribution in [1.29, 1.82) is 0 Å². The first-order chi connectivity index (χ1) is 57.5. The van der Waals surface area contributed by atoms with Crippen LogP contribution in [-0.2, 0) is 28.6 Å². The van der Waals surface area contributed by atoms with E-state index in [0.29, 0.717) is 106 Å². The number of hydrogen-bond acceptors (Lipinski definition) is 21. The van der Waals surface area contributed by atoms with Gasteiger partial charge in [-0.05, 0) is 55.7 Å². The maximum Gasteiger partial charge on any atom is 0.305 e. The van der Waals surface area contributed by atoms with Gasteiger partial charge in [0.1, 0.15) is 74.1 Å². The third-order valence-electron chi connectivity index (χ3n) is 19.3. The Hall–Kier alpha value is -12.8. The van der Waals surface area contributed by atoms with Crippen LogP contribution in [0.2, 0.25) is 0 Å². The van der Waals surface area contributed by atoms with E-state index in [1.807, 2.05) is 182 Å². The van der Waals surface area contributed by atoms with Crippen molar-refractivity contribution < 1.29 is 58.1 Å². The van der Waals surface area contributed by atoms with Gasteiger partial charge >= 0.3 is 17.9 Å². The molecule has 21 heteroatoms. The Morgan fingerprint density at radius 1 is 0.239 bits per heavy atom. The molecule has 0 amide bonds. The summed E-state index contributed by atoms with van der Waals surface area (Å²) >= 11 is 0. The number of esters is 3. The third kappa shape index (κ3) is 28.0. The second kappa shape index (κ2) is 47.2. The van der Waals surface area contributed by atoms with E-state index in [0.717, 1.165) is 59.1 Å². The normalized spacial score (nSPS) is 10.9. The summed E-state index contributed by atoms with van der Waals surface area (Å²) in [5, 5.41) is 32.9. The van der Waals surface area contributed by atoms with Crippen molar-refractivity contribution in [3.63, 3.8) is 0 Å². The standard InChI is InChI=1S/C54H48N6O8.C42H55N3O4/c61-45-35-41(27-29-43(45)53-57-49(37-17-7-3-8-18-37)55-50(58-53)38-19-9-4-10-20-38)65-31-33-67-47(63)25-15-1-2-16-26-48(64)68-34-32-66-42-28-30-44(46(62)36-42)54-59-51(39-21-11-5-12-22-39)56-52(60-54)40-23-13-6-14-24-40;1-2-3-4-5-6-7-8-9-10-11-12-13-14-15-16-23-28-39(47)49-32-31-48-36-29-30-37(38(46)33-36)42-44-40(34-24-19-17-20-25-34)43-41(45-42)35-26-21-18-22-27-35/h3-14,17-24,27-30,35-36,61-62H,1-2,15-16,25-26,31-34H2;17-22,24-27,29-30,33,46H,2-16,23,28,31-32H2,1H3. The summed E-state index contributed by atoms with van der Waals surface area (Å²) in [6.07, 6.45) is 24.6. The van der Waals surface area contributed by atoms with Gasteiger partial charge in [0, 0.05) is 70.8 Å². The number of phenolic OH excluding ortho intramolecular Hbond substituents is 3. The summed E-state index contributed by atoms with van der Waals surface area (Å²) in [6, 6.07) is 72.4. The van der Waals surface area contributed by atoms with Crippen molar-refractivity contribution in [2.75, 3.05) is 39.6 Å². The molecule has 21 nitrogen and oxygen atoms in total. The molecule has 3 N–H and O–H groups in total. The van der Waals surface area contributed by atoms with Crippen molar-refractivity contribution in [1.82, 2.24) is 44.9 Å². The number of rotatable bonds is 45. The van der Waals surface area contributed by atoms with Crippen molar-refractivity contribution >= 4 is 17.9 Å². The summed E-state index contributed by atoms with van der Waals surface area (Å²) in [4.78, 5) is 78.9. The van der Waals surface area contributed by atoms with Gasteiger partial charge < -0.3 is 43.7 Å². The van der Waals surface area contributed by atoms with Crippen LogP contribution in [0.1, 0.15) is 155 Å². The molecule has 12 rings (SSSR count). The van der Waals surface area contributed by atoms with Crippen LogP contribution in [0.15, 0.2) is 237 Å². The summed E-state index contributed by atoms with van der Waals surface area (Å²) in [5.41, 5.74) is 6.28. The minimum absolute atomic E-state index is 0.0118. The summed E-state index contributed by atoms with van der Waals surface area (Å²) in [7, 11) is 0. The zero-order valence-corrected chi connectivity index (χ0v) is 66.6. The molecule has 0 bridgehead atoms. The number of phenols is 3. The summed E-state index contributed by atoms with van der Waals surface area (Å²) in [6.45, 7) is 2.93.